The number of rotatable bonds is 5. The van der Waals surface area contributed by atoms with Gasteiger partial charge in [-0.15, -0.1) is 0 Å². The van der Waals surface area contributed by atoms with E-state index in [0.717, 1.165) is 29.4 Å². The summed E-state index contributed by atoms with van der Waals surface area (Å²) in [6, 6.07) is 7.82. The highest BCUT2D eigenvalue weighted by Crippen LogP contribution is 2.18. The van der Waals surface area contributed by atoms with Crippen molar-refractivity contribution < 1.29 is 4.79 Å². The maximum atomic E-state index is 12.4. The topological polar surface area (TPSA) is 36.1 Å². The zero-order chi connectivity index (χ0) is 13.0. The van der Waals surface area contributed by atoms with Crippen molar-refractivity contribution in [2.75, 3.05) is 13.6 Å². The van der Waals surface area contributed by atoms with Crippen LogP contribution in [0.5, 0.6) is 0 Å². The molecule has 96 valence electrons. The summed E-state index contributed by atoms with van der Waals surface area (Å²) in [5.41, 5.74) is 1.70. The van der Waals surface area contributed by atoms with Crippen LogP contribution in [0.1, 0.15) is 36.5 Å². The first kappa shape index (κ1) is 12.7. The molecule has 2 aromatic rings. The van der Waals surface area contributed by atoms with Crippen LogP contribution in [0.25, 0.3) is 10.9 Å². The van der Waals surface area contributed by atoms with Crippen molar-refractivity contribution in [2.24, 2.45) is 0 Å². The number of carbonyl (C=O) groups is 1. The van der Waals surface area contributed by atoms with Crippen LogP contribution in [-0.4, -0.2) is 29.4 Å². The fraction of sp³-hybridized carbons (Fsp3) is 0.400. The van der Waals surface area contributed by atoms with Crippen LogP contribution in [0, 0.1) is 0 Å². The number of carbonyl (C=O) groups excluding carboxylic acids is 1. The highest BCUT2D eigenvalue weighted by molar-refractivity contribution is 6.05. The fourth-order valence-corrected chi connectivity index (χ4v) is 2.17. The zero-order valence-electron chi connectivity index (χ0n) is 11.1. The molecule has 0 fully saturated rings. The maximum Gasteiger partial charge on any atom is 0.255 e. The normalized spacial score (nSPS) is 10.8. The third-order valence-corrected chi connectivity index (χ3v) is 3.26. The Bertz CT molecular complexity index is 530. The summed E-state index contributed by atoms with van der Waals surface area (Å²) < 4.78 is 0. The Morgan fingerprint density at radius 3 is 2.89 bits per heavy atom. The number of benzene rings is 1. The van der Waals surface area contributed by atoms with Crippen LogP contribution < -0.4 is 0 Å². The first-order valence-corrected chi connectivity index (χ1v) is 6.55. The molecule has 0 aliphatic carbocycles. The molecule has 0 saturated carbocycles. The lowest BCUT2D eigenvalue weighted by Crippen LogP contribution is -2.27. The lowest BCUT2D eigenvalue weighted by atomic mass is 10.1. The minimum atomic E-state index is 0.0964. The molecule has 1 aromatic heterocycles. The van der Waals surface area contributed by atoms with Crippen molar-refractivity contribution in [1.29, 1.82) is 0 Å². The summed E-state index contributed by atoms with van der Waals surface area (Å²) in [6.07, 6.45) is 5.29. The van der Waals surface area contributed by atoms with Crippen LogP contribution in [0.15, 0.2) is 30.5 Å². The summed E-state index contributed by atoms with van der Waals surface area (Å²) in [6.45, 7) is 2.99. The number of nitrogens with zero attached hydrogens (tertiary/aromatic N) is 1. The highest BCUT2D eigenvalue weighted by atomic mass is 16.2. The van der Waals surface area contributed by atoms with Gasteiger partial charge >= 0.3 is 0 Å². The minimum absolute atomic E-state index is 0.0964. The first-order valence-electron chi connectivity index (χ1n) is 6.55. The average Bonchev–Trinajstić information content (AvgIpc) is 2.86. The van der Waals surface area contributed by atoms with Crippen molar-refractivity contribution >= 4 is 16.8 Å². The second-order valence-electron chi connectivity index (χ2n) is 4.68. The molecular formula is C15H20N2O. The number of aromatic amines is 1. The van der Waals surface area contributed by atoms with Gasteiger partial charge in [-0.3, -0.25) is 4.79 Å². The molecule has 3 heteroatoms. The van der Waals surface area contributed by atoms with E-state index in [2.05, 4.69) is 11.9 Å². The Morgan fingerprint density at radius 2 is 2.11 bits per heavy atom. The lowest BCUT2D eigenvalue weighted by Gasteiger charge is -2.17. The van der Waals surface area contributed by atoms with Crippen LogP contribution in [-0.2, 0) is 0 Å². The summed E-state index contributed by atoms with van der Waals surface area (Å²) in [4.78, 5) is 17.3. The zero-order valence-corrected chi connectivity index (χ0v) is 11.1. The molecule has 0 aliphatic rings. The lowest BCUT2D eigenvalue weighted by molar-refractivity contribution is 0.0794. The molecule has 2 rings (SSSR count). The van der Waals surface area contributed by atoms with Crippen molar-refractivity contribution in [3.05, 3.63) is 36.0 Å². The molecule has 1 aromatic carbocycles. The van der Waals surface area contributed by atoms with E-state index >= 15 is 0 Å². The molecule has 1 amide bonds. The number of amides is 1. The smallest absolute Gasteiger partial charge is 0.255 e. The molecule has 3 nitrogen and oxygen atoms in total. The van der Waals surface area contributed by atoms with Gasteiger partial charge in [0.25, 0.3) is 5.91 Å². The van der Waals surface area contributed by atoms with E-state index in [9.17, 15) is 4.79 Å². The van der Waals surface area contributed by atoms with Gasteiger partial charge in [0, 0.05) is 25.2 Å². The van der Waals surface area contributed by atoms with Gasteiger partial charge in [0.05, 0.1) is 11.1 Å². The Kier molecular flexibility index (Phi) is 4.03. The van der Waals surface area contributed by atoms with E-state index in [1.54, 1.807) is 0 Å². The fourth-order valence-electron chi connectivity index (χ4n) is 2.17. The van der Waals surface area contributed by atoms with E-state index < -0.39 is 0 Å². The molecule has 0 radical (unpaired) electrons. The van der Waals surface area contributed by atoms with Gasteiger partial charge < -0.3 is 9.88 Å². The van der Waals surface area contributed by atoms with E-state index in [1.807, 2.05) is 42.4 Å². The van der Waals surface area contributed by atoms with Gasteiger partial charge in [0.15, 0.2) is 0 Å². The largest absolute Gasteiger partial charge is 0.361 e. The van der Waals surface area contributed by atoms with Crippen molar-refractivity contribution in [3.63, 3.8) is 0 Å². The van der Waals surface area contributed by atoms with Gasteiger partial charge in [-0.05, 0) is 18.6 Å². The SMILES string of the molecule is CCCCCN(C)C(=O)c1cccc2cc[nH]c12. The van der Waals surface area contributed by atoms with Crippen LogP contribution in [0.3, 0.4) is 0 Å². The Labute approximate surface area is 108 Å². The Morgan fingerprint density at radius 1 is 1.28 bits per heavy atom. The summed E-state index contributed by atoms with van der Waals surface area (Å²) in [5, 5.41) is 1.09. The van der Waals surface area contributed by atoms with Crippen molar-refractivity contribution in [2.45, 2.75) is 26.2 Å². The number of unbranched alkanes of at least 4 members (excludes halogenated alkanes) is 2. The number of H-pyrrole nitrogens is 1. The minimum Gasteiger partial charge on any atom is -0.361 e. The maximum absolute atomic E-state index is 12.4. The van der Waals surface area contributed by atoms with Gasteiger partial charge in [0.1, 0.15) is 0 Å². The summed E-state index contributed by atoms with van der Waals surface area (Å²) in [7, 11) is 1.87. The number of para-hydroxylation sites is 1. The second-order valence-corrected chi connectivity index (χ2v) is 4.68. The van der Waals surface area contributed by atoms with Gasteiger partial charge in [-0.2, -0.15) is 0 Å². The second kappa shape index (κ2) is 5.71. The van der Waals surface area contributed by atoms with Crippen LogP contribution >= 0.6 is 0 Å². The van der Waals surface area contributed by atoms with Crippen LogP contribution in [0.4, 0.5) is 0 Å². The van der Waals surface area contributed by atoms with Crippen molar-refractivity contribution in [1.82, 2.24) is 9.88 Å². The average molecular weight is 244 g/mol. The van der Waals surface area contributed by atoms with E-state index in [1.165, 1.54) is 12.8 Å². The first-order chi connectivity index (χ1) is 8.74. The predicted molar refractivity (Wildman–Crippen MR) is 74.8 cm³/mol. The Balaban J connectivity index is 2.15. The quantitative estimate of drug-likeness (QED) is 0.804. The van der Waals surface area contributed by atoms with E-state index in [4.69, 9.17) is 0 Å². The van der Waals surface area contributed by atoms with Gasteiger partial charge in [-0.25, -0.2) is 0 Å². The molecule has 0 unspecified atom stereocenters. The molecule has 0 spiro atoms. The highest BCUT2D eigenvalue weighted by Gasteiger charge is 2.14. The molecule has 0 bridgehead atoms. The Hall–Kier alpha value is -1.77. The predicted octanol–water partition coefficient (Wildman–Crippen LogP) is 3.43. The number of aromatic nitrogens is 1. The molecule has 0 atom stereocenters. The van der Waals surface area contributed by atoms with Crippen molar-refractivity contribution in [3.8, 4) is 0 Å². The molecule has 1 heterocycles. The van der Waals surface area contributed by atoms with Crippen LogP contribution in [0.2, 0.25) is 0 Å². The number of hydrogen-bond acceptors (Lipinski definition) is 1. The third kappa shape index (κ3) is 2.55. The molecular weight excluding hydrogens is 224 g/mol. The monoisotopic (exact) mass is 244 g/mol. The molecule has 0 aliphatic heterocycles. The summed E-state index contributed by atoms with van der Waals surface area (Å²) >= 11 is 0. The summed E-state index contributed by atoms with van der Waals surface area (Å²) in [5.74, 6) is 0.0964. The molecule has 1 N–H and O–H groups in total. The molecule has 18 heavy (non-hydrogen) atoms. The standard InChI is InChI=1S/C15H20N2O/c1-3-4-5-11-17(2)15(18)13-8-6-7-12-9-10-16-14(12)13/h6-10,16H,3-5,11H2,1-2H3. The van der Waals surface area contributed by atoms with Gasteiger partial charge in [-0.1, -0.05) is 31.9 Å². The van der Waals surface area contributed by atoms with Gasteiger partial charge in [0.2, 0.25) is 0 Å². The van der Waals surface area contributed by atoms with E-state index in [0.29, 0.717) is 0 Å². The number of fused-ring (bicyclic) bond motifs is 1. The number of hydrogen-bond donors (Lipinski definition) is 1. The molecule has 0 saturated heterocycles. The number of nitrogens with one attached hydrogen (secondary N) is 1. The van der Waals surface area contributed by atoms with E-state index in [-0.39, 0.29) is 5.91 Å². The third-order valence-electron chi connectivity index (χ3n) is 3.26.